The summed E-state index contributed by atoms with van der Waals surface area (Å²) in [7, 11) is 1.85. The Labute approximate surface area is 52.4 Å². The summed E-state index contributed by atoms with van der Waals surface area (Å²) in [6.07, 6.45) is 0. The minimum absolute atomic E-state index is 0.101. The highest BCUT2D eigenvalue weighted by Gasteiger charge is 2.10. The Kier molecular flexibility index (Phi) is 1.75. The van der Waals surface area contributed by atoms with Crippen LogP contribution in [0.5, 0.6) is 0 Å². The van der Waals surface area contributed by atoms with Crippen LogP contribution in [0.1, 0.15) is 0 Å². The first-order chi connectivity index (χ1) is 3.79. The van der Waals surface area contributed by atoms with Gasteiger partial charge in [0.25, 0.3) is 0 Å². The van der Waals surface area contributed by atoms with Crippen molar-refractivity contribution in [3.8, 4) is 0 Å². The predicted molar refractivity (Wildman–Crippen MR) is 33.2 cm³/mol. The van der Waals surface area contributed by atoms with Gasteiger partial charge in [-0.3, -0.25) is 10.2 Å². The van der Waals surface area contributed by atoms with E-state index in [0.29, 0.717) is 5.75 Å². The van der Waals surface area contributed by atoms with E-state index < -0.39 is 0 Å². The number of nitrogens with zero attached hydrogens (tertiary/aromatic N) is 1. The summed E-state index contributed by atoms with van der Waals surface area (Å²) < 4.78 is 0. The molecule has 1 amide bonds. The second kappa shape index (κ2) is 2.37. The molecule has 0 saturated carbocycles. The van der Waals surface area contributed by atoms with Crippen LogP contribution in [0.4, 0.5) is 0 Å². The van der Waals surface area contributed by atoms with Crippen LogP contribution >= 0.6 is 11.8 Å². The van der Waals surface area contributed by atoms with Crippen LogP contribution in [0.3, 0.4) is 0 Å². The van der Waals surface area contributed by atoms with E-state index >= 15 is 0 Å². The number of hydrogen-bond donors (Lipinski definition) is 1. The third-order valence-electron chi connectivity index (χ3n) is 0.834. The van der Waals surface area contributed by atoms with Gasteiger partial charge in [-0.15, -0.1) is 11.8 Å². The molecule has 0 aliphatic carbocycles. The van der Waals surface area contributed by atoms with Gasteiger partial charge in [0, 0.05) is 7.05 Å². The van der Waals surface area contributed by atoms with Gasteiger partial charge in [0.05, 0.1) is 11.6 Å². The molecule has 0 radical (unpaired) electrons. The maximum absolute atomic E-state index is 10.5. The highest BCUT2D eigenvalue weighted by molar-refractivity contribution is 7.99. The zero-order chi connectivity index (χ0) is 5.98. The van der Waals surface area contributed by atoms with Crippen molar-refractivity contribution in [3.63, 3.8) is 0 Å². The average molecular weight is 132 g/mol. The fraction of sp³-hybridized carbons (Fsp3) is 0.750. The number of hydrogen-bond acceptors (Lipinski definition) is 3. The van der Waals surface area contributed by atoms with E-state index in [-0.39, 0.29) is 5.91 Å². The minimum Gasteiger partial charge on any atom is -0.288 e. The molecule has 3 nitrogen and oxygen atoms in total. The first-order valence-corrected chi connectivity index (χ1v) is 3.53. The third kappa shape index (κ3) is 1.38. The van der Waals surface area contributed by atoms with Crippen molar-refractivity contribution >= 4 is 17.7 Å². The first-order valence-electron chi connectivity index (χ1n) is 2.37. The molecule has 1 aliphatic heterocycles. The third-order valence-corrected chi connectivity index (χ3v) is 1.87. The molecule has 1 heterocycles. The molecule has 0 aromatic carbocycles. The molecular weight excluding hydrogens is 124 g/mol. The Hall–Kier alpha value is -0.220. The quantitative estimate of drug-likeness (QED) is 0.489. The SMILES string of the molecule is CN1CSCC(=O)N1. The maximum atomic E-state index is 10.5. The van der Waals surface area contributed by atoms with E-state index in [1.54, 1.807) is 16.8 Å². The van der Waals surface area contributed by atoms with E-state index in [1.165, 1.54) is 0 Å². The summed E-state index contributed by atoms with van der Waals surface area (Å²) in [5, 5.41) is 1.77. The van der Waals surface area contributed by atoms with E-state index in [9.17, 15) is 4.79 Å². The van der Waals surface area contributed by atoms with Crippen molar-refractivity contribution < 1.29 is 4.79 Å². The second-order valence-corrected chi connectivity index (χ2v) is 2.67. The molecule has 0 aromatic rings. The number of amides is 1. The van der Waals surface area contributed by atoms with Gasteiger partial charge in [-0.25, -0.2) is 5.01 Å². The fourth-order valence-electron chi connectivity index (χ4n) is 0.553. The Morgan fingerprint density at radius 2 is 2.62 bits per heavy atom. The zero-order valence-corrected chi connectivity index (χ0v) is 5.49. The van der Waals surface area contributed by atoms with Crippen LogP contribution in [0.2, 0.25) is 0 Å². The number of thioether (sulfide) groups is 1. The molecule has 0 spiro atoms. The molecule has 1 saturated heterocycles. The van der Waals surface area contributed by atoms with Crippen LogP contribution in [-0.2, 0) is 4.79 Å². The predicted octanol–water partition coefficient (Wildman–Crippen LogP) is -0.346. The lowest BCUT2D eigenvalue weighted by Gasteiger charge is -2.21. The van der Waals surface area contributed by atoms with E-state index in [1.807, 2.05) is 7.05 Å². The molecule has 4 heteroatoms. The largest absolute Gasteiger partial charge is 0.288 e. The molecule has 0 unspecified atom stereocenters. The summed E-state index contributed by atoms with van der Waals surface area (Å²) in [4.78, 5) is 10.5. The highest BCUT2D eigenvalue weighted by Crippen LogP contribution is 2.04. The van der Waals surface area contributed by atoms with Gasteiger partial charge in [-0.1, -0.05) is 0 Å². The van der Waals surface area contributed by atoms with Crippen molar-refractivity contribution in [2.24, 2.45) is 0 Å². The molecule has 46 valence electrons. The normalized spacial score (nSPS) is 22.9. The lowest BCUT2D eigenvalue weighted by molar-refractivity contribution is -0.122. The van der Waals surface area contributed by atoms with Gasteiger partial charge >= 0.3 is 0 Å². The first kappa shape index (κ1) is 5.91. The second-order valence-electron chi connectivity index (χ2n) is 1.71. The Morgan fingerprint density at radius 3 is 3.00 bits per heavy atom. The summed E-state index contributed by atoms with van der Waals surface area (Å²) in [6.45, 7) is 0. The summed E-state index contributed by atoms with van der Waals surface area (Å²) in [6, 6.07) is 0. The molecular formula is C4H8N2OS. The van der Waals surface area contributed by atoms with Crippen molar-refractivity contribution in [1.82, 2.24) is 10.4 Å². The minimum atomic E-state index is 0.101. The number of carbonyl (C=O) groups excluding carboxylic acids is 1. The summed E-state index contributed by atoms with van der Waals surface area (Å²) >= 11 is 1.62. The molecule has 0 aromatic heterocycles. The van der Waals surface area contributed by atoms with Crippen molar-refractivity contribution in [1.29, 1.82) is 0 Å². The van der Waals surface area contributed by atoms with Crippen LogP contribution in [-0.4, -0.2) is 29.6 Å². The fourth-order valence-corrected chi connectivity index (χ4v) is 1.23. The molecule has 8 heavy (non-hydrogen) atoms. The standard InChI is InChI=1S/C4H8N2OS/c1-6-3-8-2-4(7)5-6/h2-3H2,1H3,(H,5,7). The van der Waals surface area contributed by atoms with Crippen LogP contribution in [0.25, 0.3) is 0 Å². The van der Waals surface area contributed by atoms with Gasteiger partial charge < -0.3 is 0 Å². The van der Waals surface area contributed by atoms with Gasteiger partial charge in [0.1, 0.15) is 0 Å². The molecule has 0 atom stereocenters. The maximum Gasteiger partial charge on any atom is 0.244 e. The van der Waals surface area contributed by atoms with Crippen molar-refractivity contribution in [2.75, 3.05) is 18.7 Å². The zero-order valence-electron chi connectivity index (χ0n) is 4.68. The Morgan fingerprint density at radius 1 is 1.88 bits per heavy atom. The number of hydrazine groups is 1. The monoisotopic (exact) mass is 132 g/mol. The van der Waals surface area contributed by atoms with Crippen LogP contribution < -0.4 is 5.43 Å². The van der Waals surface area contributed by atoms with Crippen molar-refractivity contribution in [3.05, 3.63) is 0 Å². The molecule has 1 N–H and O–H groups in total. The molecule has 1 fully saturated rings. The van der Waals surface area contributed by atoms with Gasteiger partial charge in [0.2, 0.25) is 5.91 Å². The van der Waals surface area contributed by atoms with Crippen LogP contribution in [0.15, 0.2) is 0 Å². The number of carbonyl (C=O) groups is 1. The van der Waals surface area contributed by atoms with Gasteiger partial charge in [0.15, 0.2) is 0 Å². The van der Waals surface area contributed by atoms with E-state index in [2.05, 4.69) is 5.43 Å². The number of nitrogens with one attached hydrogen (secondary N) is 1. The van der Waals surface area contributed by atoms with Gasteiger partial charge in [-0.05, 0) is 0 Å². The lowest BCUT2D eigenvalue weighted by Crippen LogP contribution is -2.43. The Bertz CT molecular complexity index is 106. The highest BCUT2D eigenvalue weighted by atomic mass is 32.2. The van der Waals surface area contributed by atoms with E-state index in [4.69, 9.17) is 0 Å². The summed E-state index contributed by atoms with van der Waals surface area (Å²) in [5.74, 6) is 1.60. The Balaban J connectivity index is 2.34. The molecule has 0 bridgehead atoms. The van der Waals surface area contributed by atoms with E-state index in [0.717, 1.165) is 5.88 Å². The molecule has 1 aliphatic rings. The van der Waals surface area contributed by atoms with Gasteiger partial charge in [-0.2, -0.15) is 0 Å². The topological polar surface area (TPSA) is 32.3 Å². The van der Waals surface area contributed by atoms with Crippen molar-refractivity contribution in [2.45, 2.75) is 0 Å². The smallest absolute Gasteiger partial charge is 0.244 e. The average Bonchev–Trinajstić information content (AvgIpc) is 1.64. The molecule has 1 rings (SSSR count). The van der Waals surface area contributed by atoms with Crippen LogP contribution in [0, 0.1) is 0 Å². The number of rotatable bonds is 0. The summed E-state index contributed by atoms with van der Waals surface area (Å²) in [5.41, 5.74) is 2.65. The lowest BCUT2D eigenvalue weighted by atomic mass is 10.7.